The summed E-state index contributed by atoms with van der Waals surface area (Å²) in [6, 6.07) is -0.114. The molecule has 0 bridgehead atoms. The molecule has 2 amide bonds. The summed E-state index contributed by atoms with van der Waals surface area (Å²) in [5.74, 6) is -0.105. The first-order valence-electron chi connectivity index (χ1n) is 5.23. The highest BCUT2D eigenvalue weighted by Crippen LogP contribution is 2.30. The van der Waals surface area contributed by atoms with Gasteiger partial charge in [0.05, 0.1) is 12.5 Å². The minimum Gasteiger partial charge on any atom is -0.435 e. The standard InChI is InChI=1S/C10H17NO3S/c1-7(6-15)9(12)11(10(13)14)5-3-4-8(11)2/h7-8H,3-6H2,1-2H3,(H-,13,14,15)/p+1/t7?,8?,11-/m0/s1. The van der Waals surface area contributed by atoms with E-state index < -0.39 is 10.6 Å². The third kappa shape index (κ3) is 1.90. The van der Waals surface area contributed by atoms with Crippen LogP contribution in [0.3, 0.4) is 0 Å². The van der Waals surface area contributed by atoms with Crippen molar-refractivity contribution in [2.24, 2.45) is 5.92 Å². The molecule has 3 atom stereocenters. The molecule has 0 saturated carbocycles. The monoisotopic (exact) mass is 232 g/mol. The third-order valence-corrected chi connectivity index (χ3v) is 3.86. The average molecular weight is 232 g/mol. The molecule has 1 fully saturated rings. The molecule has 0 spiro atoms. The largest absolute Gasteiger partial charge is 0.521 e. The zero-order chi connectivity index (χ0) is 11.6. The summed E-state index contributed by atoms with van der Waals surface area (Å²) in [5.41, 5.74) is 0. The molecule has 0 aromatic carbocycles. The lowest BCUT2D eigenvalue weighted by molar-refractivity contribution is -0.793. The molecule has 0 aliphatic carbocycles. The Kier molecular flexibility index (Phi) is 3.78. The highest BCUT2D eigenvalue weighted by atomic mass is 32.1. The molecule has 4 nitrogen and oxygen atoms in total. The first-order valence-corrected chi connectivity index (χ1v) is 5.86. The van der Waals surface area contributed by atoms with Crippen LogP contribution in [0, 0.1) is 5.92 Å². The van der Waals surface area contributed by atoms with Crippen LogP contribution in [0.25, 0.3) is 0 Å². The normalized spacial score (nSPS) is 32.6. The minimum absolute atomic E-state index is 0.114. The van der Waals surface area contributed by atoms with Gasteiger partial charge in [-0.25, -0.2) is 4.79 Å². The minimum atomic E-state index is -1.02. The Balaban J connectivity index is 3.02. The smallest absolute Gasteiger partial charge is 0.435 e. The second kappa shape index (κ2) is 4.53. The SMILES string of the molecule is CC(CS)C(=O)[N@+]1(C(=O)O)CCCC1C. The van der Waals surface area contributed by atoms with Gasteiger partial charge in [-0.2, -0.15) is 21.9 Å². The van der Waals surface area contributed by atoms with Crippen LogP contribution in [0.15, 0.2) is 0 Å². The first-order chi connectivity index (χ1) is 6.96. The van der Waals surface area contributed by atoms with Crippen molar-refractivity contribution in [3.8, 4) is 0 Å². The Morgan fingerprint density at radius 2 is 2.20 bits per heavy atom. The molecule has 0 radical (unpaired) electrons. The van der Waals surface area contributed by atoms with Gasteiger partial charge in [-0.05, 0) is 13.8 Å². The zero-order valence-electron chi connectivity index (χ0n) is 9.14. The van der Waals surface area contributed by atoms with E-state index >= 15 is 0 Å². The van der Waals surface area contributed by atoms with Gasteiger partial charge in [0.25, 0.3) is 0 Å². The lowest BCUT2D eigenvalue weighted by Crippen LogP contribution is -2.60. The van der Waals surface area contributed by atoms with Gasteiger partial charge >= 0.3 is 12.0 Å². The van der Waals surface area contributed by atoms with Gasteiger partial charge in [-0.3, -0.25) is 0 Å². The van der Waals surface area contributed by atoms with Crippen molar-refractivity contribution >= 4 is 24.6 Å². The predicted octanol–water partition coefficient (Wildman–Crippen LogP) is 1.76. The topological polar surface area (TPSA) is 54.4 Å². The molecular formula is C10H18NO3S+. The maximum Gasteiger partial charge on any atom is 0.521 e. The van der Waals surface area contributed by atoms with E-state index in [-0.39, 0.29) is 17.9 Å². The van der Waals surface area contributed by atoms with Crippen molar-refractivity contribution in [3.05, 3.63) is 0 Å². The van der Waals surface area contributed by atoms with Gasteiger partial charge < -0.3 is 5.11 Å². The lowest BCUT2D eigenvalue weighted by atomic mass is 10.1. The van der Waals surface area contributed by atoms with Crippen molar-refractivity contribution in [1.82, 2.24) is 0 Å². The zero-order valence-corrected chi connectivity index (χ0v) is 10.0. The lowest BCUT2D eigenvalue weighted by Gasteiger charge is -2.31. The maximum atomic E-state index is 12.1. The Labute approximate surface area is 95.3 Å². The summed E-state index contributed by atoms with van der Waals surface area (Å²) >= 11 is 4.06. The second-order valence-electron chi connectivity index (χ2n) is 4.29. The van der Waals surface area contributed by atoms with Crippen LogP contribution in [0.5, 0.6) is 0 Å². The first kappa shape index (κ1) is 12.5. The molecule has 1 aliphatic heterocycles. The number of hydrogen-bond donors (Lipinski definition) is 2. The van der Waals surface area contributed by atoms with Crippen LogP contribution in [0.1, 0.15) is 26.7 Å². The molecule has 1 N–H and O–H groups in total. The van der Waals surface area contributed by atoms with Crippen LogP contribution >= 0.6 is 12.6 Å². The van der Waals surface area contributed by atoms with Crippen molar-refractivity contribution in [2.45, 2.75) is 32.7 Å². The molecule has 86 valence electrons. The van der Waals surface area contributed by atoms with Crippen molar-refractivity contribution < 1.29 is 19.2 Å². The summed E-state index contributed by atoms with van der Waals surface area (Å²) in [6.45, 7) is 4.00. The molecule has 5 heteroatoms. The number of carboxylic acid groups (broad SMARTS) is 1. The Hall–Kier alpha value is -0.550. The molecular weight excluding hydrogens is 214 g/mol. The quantitative estimate of drug-likeness (QED) is 0.563. The van der Waals surface area contributed by atoms with Gasteiger partial charge in [-0.1, -0.05) is 0 Å². The summed E-state index contributed by atoms with van der Waals surface area (Å²) in [7, 11) is 0. The number of carbonyl (C=O) groups excluding carboxylic acids is 1. The van der Waals surface area contributed by atoms with E-state index in [0.29, 0.717) is 12.3 Å². The van der Waals surface area contributed by atoms with Crippen LogP contribution in [-0.4, -0.2) is 39.9 Å². The molecule has 2 unspecified atom stereocenters. The summed E-state index contributed by atoms with van der Waals surface area (Å²) in [6.07, 6.45) is 0.592. The van der Waals surface area contributed by atoms with E-state index in [1.54, 1.807) is 6.92 Å². The van der Waals surface area contributed by atoms with E-state index in [9.17, 15) is 14.7 Å². The van der Waals surface area contributed by atoms with Crippen LogP contribution in [0.4, 0.5) is 4.79 Å². The number of carbonyl (C=O) groups is 2. The third-order valence-electron chi connectivity index (χ3n) is 3.32. The van der Waals surface area contributed by atoms with E-state index in [4.69, 9.17) is 0 Å². The van der Waals surface area contributed by atoms with Crippen molar-refractivity contribution in [2.75, 3.05) is 12.3 Å². The van der Waals surface area contributed by atoms with Crippen LogP contribution in [-0.2, 0) is 4.79 Å². The maximum absolute atomic E-state index is 12.1. The van der Waals surface area contributed by atoms with E-state index in [1.807, 2.05) is 6.92 Å². The highest BCUT2D eigenvalue weighted by Gasteiger charge is 2.53. The average Bonchev–Trinajstić information content (AvgIpc) is 2.58. The number of likely N-dealkylation sites (tertiary alicyclic amines) is 1. The number of quaternary nitrogens is 1. The number of imide groups is 1. The molecule has 0 aromatic rings. The molecule has 1 heterocycles. The number of hydrogen-bond acceptors (Lipinski definition) is 3. The van der Waals surface area contributed by atoms with Gasteiger partial charge in [0, 0.05) is 18.6 Å². The molecule has 1 rings (SSSR count). The number of amides is 2. The van der Waals surface area contributed by atoms with Crippen LogP contribution in [0.2, 0.25) is 0 Å². The summed E-state index contributed by atoms with van der Waals surface area (Å²) < 4.78 is -0.401. The second-order valence-corrected chi connectivity index (χ2v) is 4.65. The van der Waals surface area contributed by atoms with E-state index in [1.165, 1.54) is 0 Å². The molecule has 0 aromatic heterocycles. The Bertz CT molecular complexity index is 282. The van der Waals surface area contributed by atoms with Gasteiger partial charge in [-0.15, -0.1) is 0 Å². The Morgan fingerprint density at radius 1 is 1.60 bits per heavy atom. The number of nitrogens with zero attached hydrogens (tertiary/aromatic N) is 1. The highest BCUT2D eigenvalue weighted by molar-refractivity contribution is 7.80. The Morgan fingerprint density at radius 3 is 2.53 bits per heavy atom. The summed E-state index contributed by atoms with van der Waals surface area (Å²) in [5, 5.41) is 9.28. The fraction of sp³-hybridized carbons (Fsp3) is 0.800. The van der Waals surface area contributed by atoms with Gasteiger partial charge in [0.2, 0.25) is 0 Å². The fourth-order valence-electron chi connectivity index (χ4n) is 2.25. The van der Waals surface area contributed by atoms with Gasteiger partial charge in [0.1, 0.15) is 6.04 Å². The van der Waals surface area contributed by atoms with Gasteiger partial charge in [0.15, 0.2) is 0 Å². The van der Waals surface area contributed by atoms with Crippen molar-refractivity contribution in [3.63, 3.8) is 0 Å². The summed E-state index contributed by atoms with van der Waals surface area (Å²) in [4.78, 5) is 23.4. The molecule has 1 saturated heterocycles. The van der Waals surface area contributed by atoms with Crippen LogP contribution < -0.4 is 0 Å². The van der Waals surface area contributed by atoms with Crippen molar-refractivity contribution in [1.29, 1.82) is 0 Å². The van der Waals surface area contributed by atoms with E-state index in [0.717, 1.165) is 12.8 Å². The molecule has 1 aliphatic rings. The van der Waals surface area contributed by atoms with E-state index in [2.05, 4.69) is 12.6 Å². The fourth-order valence-corrected chi connectivity index (χ4v) is 2.41. The number of thiol groups is 1. The predicted molar refractivity (Wildman–Crippen MR) is 59.9 cm³/mol. The molecule has 15 heavy (non-hydrogen) atoms. The number of rotatable bonds is 2.